The number of rotatable bonds is 2. The maximum Gasteiger partial charge on any atom is 0.251 e. The van der Waals surface area contributed by atoms with E-state index in [1.54, 1.807) is 0 Å². The molecule has 0 aliphatic rings. The average molecular weight is 272 g/mol. The molecular formula is C6H16N4O4S2. The number of amidine groups is 2. The average Bonchev–Trinajstić information content (AvgIpc) is 1.72. The zero-order valence-corrected chi connectivity index (χ0v) is 11.1. The van der Waals surface area contributed by atoms with Crippen LogP contribution in [0.3, 0.4) is 0 Å². The van der Waals surface area contributed by atoms with Crippen LogP contribution in [0.1, 0.15) is 13.8 Å². The second-order valence-electron chi connectivity index (χ2n) is 2.93. The van der Waals surface area contributed by atoms with E-state index in [2.05, 4.69) is 8.80 Å². The normalized spacial score (nSPS) is 14.0. The van der Waals surface area contributed by atoms with E-state index < -0.39 is 20.0 Å². The van der Waals surface area contributed by atoms with Crippen LogP contribution in [0, 0.1) is 0 Å². The molecule has 0 aliphatic heterocycles. The summed E-state index contributed by atoms with van der Waals surface area (Å²) in [6.07, 6.45) is 1.98. The summed E-state index contributed by atoms with van der Waals surface area (Å²) in [7, 11) is -6.52. The first-order valence-corrected chi connectivity index (χ1v) is 7.57. The van der Waals surface area contributed by atoms with Crippen molar-refractivity contribution >= 4 is 31.7 Å². The Labute approximate surface area is 95.6 Å². The zero-order chi connectivity index (χ0) is 13.6. The molecular weight excluding hydrogens is 256 g/mol. The third-order valence-electron chi connectivity index (χ3n) is 0.620. The van der Waals surface area contributed by atoms with Gasteiger partial charge in [-0.1, -0.05) is 0 Å². The standard InChI is InChI=1S/2C3H8N2O2S/c2*1-3(4)5-8(2,6)7/h2*1-2H3,(H2,4,5). The van der Waals surface area contributed by atoms with Crippen LogP contribution >= 0.6 is 0 Å². The van der Waals surface area contributed by atoms with E-state index in [-0.39, 0.29) is 11.7 Å². The topological polar surface area (TPSA) is 145 Å². The van der Waals surface area contributed by atoms with Crippen LogP contribution < -0.4 is 11.5 Å². The Hall–Kier alpha value is -1.16. The summed E-state index contributed by atoms with van der Waals surface area (Å²) in [5.41, 5.74) is 9.90. The number of hydrogen-bond acceptors (Lipinski definition) is 4. The van der Waals surface area contributed by atoms with E-state index in [9.17, 15) is 16.8 Å². The van der Waals surface area contributed by atoms with Gasteiger partial charge in [-0.15, -0.1) is 0 Å². The van der Waals surface area contributed by atoms with Gasteiger partial charge >= 0.3 is 0 Å². The highest BCUT2D eigenvalue weighted by molar-refractivity contribution is 7.89. The maximum absolute atomic E-state index is 10.2. The van der Waals surface area contributed by atoms with Crippen LogP contribution in [-0.4, -0.2) is 41.0 Å². The Morgan fingerprint density at radius 1 is 0.812 bits per heavy atom. The number of hydrogen-bond donors (Lipinski definition) is 2. The van der Waals surface area contributed by atoms with Crippen molar-refractivity contribution in [3.63, 3.8) is 0 Å². The molecule has 0 rings (SSSR count). The lowest BCUT2D eigenvalue weighted by molar-refractivity contribution is 0.602. The van der Waals surface area contributed by atoms with Crippen molar-refractivity contribution in [2.75, 3.05) is 12.5 Å². The molecule has 8 nitrogen and oxygen atoms in total. The quantitative estimate of drug-likeness (QED) is 0.469. The molecule has 0 spiro atoms. The second-order valence-corrected chi connectivity index (χ2v) is 6.23. The van der Waals surface area contributed by atoms with Crippen molar-refractivity contribution in [1.82, 2.24) is 0 Å². The fourth-order valence-corrected chi connectivity index (χ4v) is 1.57. The van der Waals surface area contributed by atoms with E-state index >= 15 is 0 Å². The van der Waals surface area contributed by atoms with Gasteiger partial charge in [0.25, 0.3) is 20.0 Å². The summed E-state index contributed by atoms with van der Waals surface area (Å²) in [4.78, 5) is 0. The van der Waals surface area contributed by atoms with Gasteiger partial charge in [0.05, 0.1) is 12.5 Å². The molecule has 16 heavy (non-hydrogen) atoms. The fraction of sp³-hybridized carbons (Fsp3) is 0.667. The zero-order valence-electron chi connectivity index (χ0n) is 9.50. The molecule has 10 heteroatoms. The van der Waals surface area contributed by atoms with E-state index in [1.165, 1.54) is 13.8 Å². The summed E-state index contributed by atoms with van der Waals surface area (Å²) >= 11 is 0. The molecule has 0 amide bonds. The minimum absolute atomic E-state index is 0.0625. The lowest BCUT2D eigenvalue weighted by atomic mass is 10.8. The summed E-state index contributed by atoms with van der Waals surface area (Å²) in [6, 6.07) is 0. The summed E-state index contributed by atoms with van der Waals surface area (Å²) in [6.45, 7) is 2.84. The third-order valence-corrected chi connectivity index (χ3v) is 1.86. The molecule has 4 N–H and O–H groups in total. The predicted octanol–water partition coefficient (Wildman–Crippen LogP) is -1.35. The molecule has 0 fully saturated rings. The molecule has 0 aliphatic carbocycles. The van der Waals surface area contributed by atoms with Gasteiger partial charge in [0.15, 0.2) is 0 Å². The van der Waals surface area contributed by atoms with Crippen LogP contribution in [0.25, 0.3) is 0 Å². The molecule has 0 bridgehead atoms. The Balaban J connectivity index is 0. The van der Waals surface area contributed by atoms with Crippen molar-refractivity contribution in [2.45, 2.75) is 13.8 Å². The highest BCUT2D eigenvalue weighted by Crippen LogP contribution is 1.82. The number of nitrogens with two attached hydrogens (primary N) is 2. The molecule has 0 aromatic rings. The molecule has 0 saturated heterocycles. The molecule has 0 saturated carbocycles. The van der Waals surface area contributed by atoms with Gasteiger partial charge in [0.2, 0.25) is 0 Å². The van der Waals surface area contributed by atoms with E-state index in [4.69, 9.17) is 11.5 Å². The maximum atomic E-state index is 10.2. The highest BCUT2D eigenvalue weighted by Gasteiger charge is 1.93. The predicted molar refractivity (Wildman–Crippen MR) is 64.3 cm³/mol. The van der Waals surface area contributed by atoms with Gasteiger partial charge in [-0.05, 0) is 13.8 Å². The lowest BCUT2D eigenvalue weighted by Gasteiger charge is -1.85. The molecule has 0 aromatic carbocycles. The Morgan fingerprint density at radius 2 is 1.00 bits per heavy atom. The van der Waals surface area contributed by atoms with E-state index in [0.29, 0.717) is 0 Å². The van der Waals surface area contributed by atoms with E-state index in [0.717, 1.165) is 12.5 Å². The molecule has 0 atom stereocenters. The smallest absolute Gasteiger partial charge is 0.251 e. The minimum Gasteiger partial charge on any atom is -0.387 e. The van der Waals surface area contributed by atoms with Crippen molar-refractivity contribution in [1.29, 1.82) is 0 Å². The first-order valence-electron chi connectivity index (χ1n) is 3.87. The van der Waals surface area contributed by atoms with Crippen LogP contribution in [0.5, 0.6) is 0 Å². The molecule has 0 aromatic heterocycles. The van der Waals surface area contributed by atoms with Crippen molar-refractivity contribution in [2.24, 2.45) is 20.3 Å². The molecule has 0 unspecified atom stereocenters. The Bertz CT molecular complexity index is 421. The van der Waals surface area contributed by atoms with Crippen molar-refractivity contribution < 1.29 is 16.8 Å². The summed E-state index contributed by atoms with van der Waals surface area (Å²) in [5, 5.41) is 0. The third kappa shape index (κ3) is 23.0. The lowest BCUT2D eigenvalue weighted by Crippen LogP contribution is -2.08. The first-order chi connectivity index (χ1) is 6.83. The largest absolute Gasteiger partial charge is 0.387 e. The van der Waals surface area contributed by atoms with Crippen LogP contribution in [-0.2, 0) is 20.0 Å². The van der Waals surface area contributed by atoms with Crippen molar-refractivity contribution in [3.8, 4) is 0 Å². The van der Waals surface area contributed by atoms with Crippen LogP contribution in [0.2, 0.25) is 0 Å². The summed E-state index contributed by atoms with van der Waals surface area (Å²) in [5.74, 6) is 0.125. The van der Waals surface area contributed by atoms with Gasteiger partial charge in [0.1, 0.15) is 11.7 Å². The van der Waals surface area contributed by atoms with E-state index in [1.807, 2.05) is 0 Å². The fourth-order valence-electron chi connectivity index (χ4n) is 0.523. The Kier molecular flexibility index (Phi) is 6.93. The first kappa shape index (κ1) is 17.2. The molecule has 0 heterocycles. The van der Waals surface area contributed by atoms with Gasteiger partial charge in [-0.25, -0.2) is 16.8 Å². The summed E-state index contributed by atoms with van der Waals surface area (Å²) < 4.78 is 46.8. The van der Waals surface area contributed by atoms with Gasteiger partial charge in [-0.2, -0.15) is 8.80 Å². The number of nitrogens with zero attached hydrogens (tertiary/aromatic N) is 2. The monoisotopic (exact) mass is 272 g/mol. The number of sulfonamides is 2. The highest BCUT2D eigenvalue weighted by atomic mass is 32.2. The van der Waals surface area contributed by atoms with Crippen molar-refractivity contribution in [3.05, 3.63) is 0 Å². The minimum atomic E-state index is -3.26. The van der Waals surface area contributed by atoms with Crippen LogP contribution in [0.4, 0.5) is 0 Å². The van der Waals surface area contributed by atoms with Gasteiger partial charge < -0.3 is 11.5 Å². The van der Waals surface area contributed by atoms with Gasteiger partial charge in [-0.3, -0.25) is 0 Å². The second kappa shape index (κ2) is 6.43. The molecule has 0 radical (unpaired) electrons. The molecule has 96 valence electrons. The SMILES string of the molecule is CC(N)=NS(C)(=O)=O.CC(N)=NS(C)(=O)=O. The Morgan fingerprint density at radius 3 is 1.00 bits per heavy atom. The van der Waals surface area contributed by atoms with Gasteiger partial charge in [0, 0.05) is 0 Å². The van der Waals surface area contributed by atoms with Crippen LogP contribution in [0.15, 0.2) is 8.80 Å².